The van der Waals surface area contributed by atoms with Crippen LogP contribution in [0.25, 0.3) is 0 Å². The van der Waals surface area contributed by atoms with E-state index in [0.717, 1.165) is 19.0 Å². The van der Waals surface area contributed by atoms with Gasteiger partial charge in [-0.15, -0.1) is 0 Å². The van der Waals surface area contributed by atoms with Crippen LogP contribution in [0, 0.1) is 18.8 Å². The lowest BCUT2D eigenvalue weighted by molar-refractivity contribution is 0.230. The average molecular weight is 274 g/mol. The monoisotopic (exact) mass is 274 g/mol. The number of benzene rings is 1. The fourth-order valence-corrected chi connectivity index (χ4v) is 3.49. The molecule has 0 heterocycles. The fraction of sp³-hybridized carbons (Fsp3) is 0.667. The van der Waals surface area contributed by atoms with Crippen LogP contribution in [0.5, 0.6) is 0 Å². The van der Waals surface area contributed by atoms with Crippen LogP contribution in [0.3, 0.4) is 0 Å². The molecule has 3 unspecified atom stereocenters. The molecule has 3 atom stereocenters. The van der Waals surface area contributed by atoms with Gasteiger partial charge in [0.2, 0.25) is 0 Å². The first-order chi connectivity index (χ1) is 9.63. The molecule has 0 spiro atoms. The molecule has 1 aromatic carbocycles. The van der Waals surface area contributed by atoms with Crippen molar-refractivity contribution < 1.29 is 0 Å². The second kappa shape index (κ2) is 7.12. The summed E-state index contributed by atoms with van der Waals surface area (Å²) >= 11 is 0. The zero-order valence-electron chi connectivity index (χ0n) is 13.3. The molecule has 112 valence electrons. The van der Waals surface area contributed by atoms with Crippen molar-refractivity contribution in [2.24, 2.45) is 17.6 Å². The van der Waals surface area contributed by atoms with Crippen molar-refractivity contribution in [3.05, 3.63) is 29.8 Å². The van der Waals surface area contributed by atoms with Gasteiger partial charge < -0.3 is 10.6 Å². The predicted molar refractivity (Wildman–Crippen MR) is 88.2 cm³/mol. The maximum Gasteiger partial charge on any atom is 0.0368 e. The van der Waals surface area contributed by atoms with E-state index >= 15 is 0 Å². The number of nitrogens with zero attached hydrogens (tertiary/aromatic N) is 1. The van der Waals surface area contributed by atoms with Crippen LogP contribution in [-0.2, 0) is 0 Å². The topological polar surface area (TPSA) is 29.3 Å². The van der Waals surface area contributed by atoms with Crippen molar-refractivity contribution in [3.63, 3.8) is 0 Å². The maximum atomic E-state index is 6.38. The smallest absolute Gasteiger partial charge is 0.0368 e. The van der Waals surface area contributed by atoms with E-state index in [-0.39, 0.29) is 0 Å². The molecule has 1 aliphatic rings. The fourth-order valence-electron chi connectivity index (χ4n) is 3.49. The first-order valence-electron chi connectivity index (χ1n) is 8.21. The Morgan fingerprint density at radius 2 is 2.05 bits per heavy atom. The molecular weight excluding hydrogens is 244 g/mol. The third kappa shape index (κ3) is 3.76. The van der Waals surface area contributed by atoms with Crippen LogP contribution < -0.4 is 10.6 Å². The summed E-state index contributed by atoms with van der Waals surface area (Å²) in [5, 5.41) is 0. The Morgan fingerprint density at radius 3 is 2.70 bits per heavy atom. The lowest BCUT2D eigenvalue weighted by atomic mass is 9.77. The summed E-state index contributed by atoms with van der Waals surface area (Å²) in [4.78, 5) is 2.50. The zero-order valence-corrected chi connectivity index (χ0v) is 13.3. The molecule has 0 saturated heterocycles. The van der Waals surface area contributed by atoms with E-state index in [4.69, 9.17) is 5.73 Å². The Morgan fingerprint density at radius 1 is 1.25 bits per heavy atom. The highest BCUT2D eigenvalue weighted by molar-refractivity contribution is 5.48. The number of aryl methyl sites for hydroxylation is 1. The minimum absolute atomic E-state index is 0.386. The lowest BCUT2D eigenvalue weighted by Crippen LogP contribution is -2.43. The standard InChI is InChI=1S/C18H30N2/c1-4-15-9-10-18(19)16(12-15)13-20(5-2)17-8-6-7-14(3)11-17/h6-8,11,15-16,18H,4-5,9-10,12-13,19H2,1-3H3. The molecule has 0 aromatic heterocycles. The van der Waals surface area contributed by atoms with Crippen LogP contribution >= 0.6 is 0 Å². The number of rotatable bonds is 5. The SMILES string of the molecule is CCC1CCC(N)C(CN(CC)c2cccc(C)c2)C1. The quantitative estimate of drug-likeness (QED) is 0.880. The van der Waals surface area contributed by atoms with E-state index in [9.17, 15) is 0 Å². The van der Waals surface area contributed by atoms with E-state index in [1.54, 1.807) is 0 Å². The number of anilines is 1. The molecule has 2 N–H and O–H groups in total. The van der Waals surface area contributed by atoms with Gasteiger partial charge in [-0.3, -0.25) is 0 Å². The summed E-state index contributed by atoms with van der Waals surface area (Å²) < 4.78 is 0. The van der Waals surface area contributed by atoms with E-state index in [2.05, 4.69) is 49.9 Å². The molecule has 2 heteroatoms. The van der Waals surface area contributed by atoms with Crippen molar-refractivity contribution in [1.29, 1.82) is 0 Å². The minimum Gasteiger partial charge on any atom is -0.371 e. The van der Waals surface area contributed by atoms with Gasteiger partial charge >= 0.3 is 0 Å². The van der Waals surface area contributed by atoms with Crippen LogP contribution in [-0.4, -0.2) is 19.1 Å². The van der Waals surface area contributed by atoms with Gasteiger partial charge in [0.15, 0.2) is 0 Å². The van der Waals surface area contributed by atoms with Crippen LogP contribution in [0.15, 0.2) is 24.3 Å². The summed E-state index contributed by atoms with van der Waals surface area (Å²) in [6.07, 6.45) is 5.14. The van der Waals surface area contributed by atoms with Crippen molar-refractivity contribution in [3.8, 4) is 0 Å². The summed E-state index contributed by atoms with van der Waals surface area (Å²) in [6.45, 7) is 8.89. The van der Waals surface area contributed by atoms with Gasteiger partial charge in [0.05, 0.1) is 0 Å². The summed E-state index contributed by atoms with van der Waals surface area (Å²) in [6, 6.07) is 9.22. The van der Waals surface area contributed by atoms with Crippen molar-refractivity contribution in [2.75, 3.05) is 18.0 Å². The zero-order chi connectivity index (χ0) is 14.5. The Kier molecular flexibility index (Phi) is 5.47. The molecular formula is C18H30N2. The molecule has 0 amide bonds. The Hall–Kier alpha value is -1.02. The number of hydrogen-bond donors (Lipinski definition) is 1. The third-order valence-electron chi connectivity index (χ3n) is 4.93. The predicted octanol–water partition coefficient (Wildman–Crippen LogP) is 3.97. The minimum atomic E-state index is 0.386. The van der Waals surface area contributed by atoms with Crippen LogP contribution in [0.1, 0.15) is 45.1 Å². The van der Waals surface area contributed by atoms with Crippen molar-refractivity contribution >= 4 is 5.69 Å². The van der Waals surface area contributed by atoms with Crippen molar-refractivity contribution in [1.82, 2.24) is 0 Å². The summed E-state index contributed by atoms with van der Waals surface area (Å²) in [7, 11) is 0. The summed E-state index contributed by atoms with van der Waals surface area (Å²) in [5.74, 6) is 1.53. The Labute approximate surface area is 124 Å². The second-order valence-corrected chi connectivity index (χ2v) is 6.39. The van der Waals surface area contributed by atoms with E-state index in [1.807, 2.05) is 0 Å². The molecule has 1 aromatic rings. The van der Waals surface area contributed by atoms with E-state index in [1.165, 1.54) is 36.9 Å². The van der Waals surface area contributed by atoms with Gasteiger partial charge in [-0.1, -0.05) is 25.5 Å². The summed E-state index contributed by atoms with van der Waals surface area (Å²) in [5.41, 5.74) is 9.06. The molecule has 0 bridgehead atoms. The molecule has 2 rings (SSSR count). The average Bonchev–Trinajstić information content (AvgIpc) is 2.46. The van der Waals surface area contributed by atoms with Crippen molar-refractivity contribution in [2.45, 2.75) is 52.5 Å². The van der Waals surface area contributed by atoms with Gasteiger partial charge in [-0.05, 0) is 62.6 Å². The van der Waals surface area contributed by atoms with Gasteiger partial charge in [-0.2, -0.15) is 0 Å². The van der Waals surface area contributed by atoms with Crippen LogP contribution in [0.4, 0.5) is 5.69 Å². The molecule has 1 saturated carbocycles. The second-order valence-electron chi connectivity index (χ2n) is 6.39. The van der Waals surface area contributed by atoms with Gasteiger partial charge in [0, 0.05) is 24.8 Å². The Bertz CT molecular complexity index is 416. The maximum absolute atomic E-state index is 6.38. The highest BCUT2D eigenvalue weighted by Crippen LogP contribution is 2.31. The first kappa shape index (κ1) is 15.4. The van der Waals surface area contributed by atoms with Gasteiger partial charge in [0.1, 0.15) is 0 Å². The molecule has 1 fully saturated rings. The molecule has 2 nitrogen and oxygen atoms in total. The largest absolute Gasteiger partial charge is 0.371 e. The number of hydrogen-bond acceptors (Lipinski definition) is 2. The molecule has 20 heavy (non-hydrogen) atoms. The molecule has 1 aliphatic carbocycles. The molecule has 0 aliphatic heterocycles. The van der Waals surface area contributed by atoms with E-state index < -0.39 is 0 Å². The third-order valence-corrected chi connectivity index (χ3v) is 4.93. The van der Waals surface area contributed by atoms with Crippen LogP contribution in [0.2, 0.25) is 0 Å². The first-order valence-corrected chi connectivity index (χ1v) is 8.21. The normalized spacial score (nSPS) is 26.5. The van der Waals surface area contributed by atoms with E-state index in [0.29, 0.717) is 12.0 Å². The van der Waals surface area contributed by atoms with Gasteiger partial charge in [-0.25, -0.2) is 0 Å². The lowest BCUT2D eigenvalue weighted by Gasteiger charge is -2.37. The highest BCUT2D eigenvalue weighted by atomic mass is 15.1. The Balaban J connectivity index is 2.05. The van der Waals surface area contributed by atoms with Gasteiger partial charge in [0.25, 0.3) is 0 Å². The molecule has 0 radical (unpaired) electrons. The highest BCUT2D eigenvalue weighted by Gasteiger charge is 2.28. The number of nitrogens with two attached hydrogens (primary N) is 1.